The van der Waals surface area contributed by atoms with Crippen LogP contribution in [0.1, 0.15) is 31.2 Å². The average molecular weight is 344 g/mol. The maximum Gasteiger partial charge on any atom is 0.231 e. The lowest BCUT2D eigenvalue weighted by Crippen LogP contribution is -2.35. The van der Waals surface area contributed by atoms with Crippen LogP contribution in [0.25, 0.3) is 0 Å². The topological polar surface area (TPSA) is 34.1 Å². The van der Waals surface area contributed by atoms with Crippen LogP contribution in [0, 0.1) is 5.92 Å². The van der Waals surface area contributed by atoms with E-state index in [4.69, 9.17) is 14.5 Å². The molecule has 0 saturated heterocycles. The Balaban J connectivity index is 1.50. The van der Waals surface area contributed by atoms with Crippen molar-refractivity contribution in [2.75, 3.05) is 25.6 Å². The SMILES string of the molecule is C1=CCC(CN(Cc2ccc3c(c2)OCO3)C2=NCCCS2)CC1. The van der Waals surface area contributed by atoms with Crippen molar-refractivity contribution in [1.29, 1.82) is 0 Å². The third-order valence-corrected chi connectivity index (χ3v) is 5.86. The molecule has 0 amide bonds. The number of amidine groups is 1. The maximum absolute atomic E-state index is 5.53. The fourth-order valence-corrected chi connectivity index (χ4v) is 4.40. The van der Waals surface area contributed by atoms with Crippen LogP contribution in [-0.4, -0.2) is 35.7 Å². The number of allylic oxidation sites excluding steroid dienone is 2. The maximum atomic E-state index is 5.53. The molecule has 0 radical (unpaired) electrons. The van der Waals surface area contributed by atoms with Crippen LogP contribution in [0.15, 0.2) is 35.3 Å². The fourth-order valence-electron chi connectivity index (χ4n) is 3.44. The lowest BCUT2D eigenvalue weighted by molar-refractivity contribution is 0.174. The van der Waals surface area contributed by atoms with E-state index in [9.17, 15) is 0 Å². The summed E-state index contributed by atoms with van der Waals surface area (Å²) in [5.74, 6) is 3.63. The van der Waals surface area contributed by atoms with Crippen LogP contribution in [0.4, 0.5) is 0 Å². The second kappa shape index (κ2) is 7.51. The van der Waals surface area contributed by atoms with Crippen molar-refractivity contribution >= 4 is 16.9 Å². The van der Waals surface area contributed by atoms with Gasteiger partial charge < -0.3 is 14.4 Å². The molecule has 24 heavy (non-hydrogen) atoms. The number of benzene rings is 1. The fraction of sp³-hybridized carbons (Fsp3) is 0.526. The minimum absolute atomic E-state index is 0.333. The molecule has 2 heterocycles. The second-order valence-electron chi connectivity index (χ2n) is 6.58. The number of aliphatic imine (C=N–C) groups is 1. The van der Waals surface area contributed by atoms with Crippen molar-refractivity contribution in [2.24, 2.45) is 10.9 Å². The Morgan fingerprint density at radius 2 is 2.17 bits per heavy atom. The van der Waals surface area contributed by atoms with E-state index in [2.05, 4.69) is 29.2 Å². The normalized spacial score (nSPS) is 22.3. The molecule has 0 saturated carbocycles. The van der Waals surface area contributed by atoms with Crippen molar-refractivity contribution in [1.82, 2.24) is 4.90 Å². The van der Waals surface area contributed by atoms with Gasteiger partial charge in [0, 0.05) is 25.4 Å². The summed E-state index contributed by atoms with van der Waals surface area (Å²) in [6.45, 7) is 3.28. The number of nitrogens with zero attached hydrogens (tertiary/aromatic N) is 2. The van der Waals surface area contributed by atoms with Crippen LogP contribution in [0.3, 0.4) is 0 Å². The smallest absolute Gasteiger partial charge is 0.231 e. The number of hydrogen-bond donors (Lipinski definition) is 0. The predicted octanol–water partition coefficient (Wildman–Crippen LogP) is 4.07. The van der Waals surface area contributed by atoms with Gasteiger partial charge in [-0.05, 0) is 49.3 Å². The van der Waals surface area contributed by atoms with E-state index in [1.165, 1.54) is 42.2 Å². The van der Waals surface area contributed by atoms with Crippen molar-refractivity contribution < 1.29 is 9.47 Å². The first-order valence-electron chi connectivity index (χ1n) is 8.84. The molecule has 5 heteroatoms. The van der Waals surface area contributed by atoms with Gasteiger partial charge >= 0.3 is 0 Å². The van der Waals surface area contributed by atoms with E-state index < -0.39 is 0 Å². The van der Waals surface area contributed by atoms with Gasteiger partial charge in [0.1, 0.15) is 0 Å². The molecule has 4 rings (SSSR count). The lowest BCUT2D eigenvalue weighted by atomic mass is 9.94. The third-order valence-electron chi connectivity index (χ3n) is 4.72. The van der Waals surface area contributed by atoms with Gasteiger partial charge in [0.25, 0.3) is 0 Å². The zero-order valence-corrected chi connectivity index (χ0v) is 14.8. The Labute approximate surface area is 147 Å². The third kappa shape index (κ3) is 3.72. The van der Waals surface area contributed by atoms with Crippen molar-refractivity contribution in [2.45, 2.75) is 32.2 Å². The summed E-state index contributed by atoms with van der Waals surface area (Å²) in [5, 5.41) is 1.22. The summed E-state index contributed by atoms with van der Waals surface area (Å²) in [4.78, 5) is 7.27. The standard InChI is InChI=1S/C19H24N2O2S/c1-2-5-15(6-3-1)12-21(19-20-9-4-10-24-19)13-16-7-8-17-18(11-16)23-14-22-17/h1-2,7-8,11,15H,3-6,9-10,12-14H2. The molecule has 0 aromatic heterocycles. The van der Waals surface area contributed by atoms with Gasteiger partial charge in [-0.2, -0.15) is 0 Å². The second-order valence-corrected chi connectivity index (χ2v) is 7.65. The molecule has 0 N–H and O–H groups in total. The van der Waals surface area contributed by atoms with Crippen molar-refractivity contribution in [3.63, 3.8) is 0 Å². The van der Waals surface area contributed by atoms with Gasteiger partial charge in [0.15, 0.2) is 16.7 Å². The van der Waals surface area contributed by atoms with Crippen LogP contribution in [0.5, 0.6) is 11.5 Å². The van der Waals surface area contributed by atoms with E-state index >= 15 is 0 Å². The number of hydrogen-bond acceptors (Lipinski definition) is 5. The molecule has 1 atom stereocenters. The van der Waals surface area contributed by atoms with Gasteiger partial charge in [0.05, 0.1) is 0 Å². The summed E-state index contributed by atoms with van der Waals surface area (Å²) in [6, 6.07) is 6.29. The monoisotopic (exact) mass is 344 g/mol. The molecular formula is C19H24N2O2S. The van der Waals surface area contributed by atoms with Crippen molar-refractivity contribution in [3.05, 3.63) is 35.9 Å². The predicted molar refractivity (Wildman–Crippen MR) is 98.8 cm³/mol. The van der Waals surface area contributed by atoms with Crippen LogP contribution in [0.2, 0.25) is 0 Å². The zero-order chi connectivity index (χ0) is 16.2. The first-order chi connectivity index (χ1) is 11.9. The average Bonchev–Trinajstić information content (AvgIpc) is 3.11. The Hall–Kier alpha value is -1.62. The summed E-state index contributed by atoms with van der Waals surface area (Å²) >= 11 is 1.91. The minimum Gasteiger partial charge on any atom is -0.454 e. The lowest BCUT2D eigenvalue weighted by Gasteiger charge is -2.32. The highest BCUT2D eigenvalue weighted by Gasteiger charge is 2.21. The van der Waals surface area contributed by atoms with Crippen LogP contribution in [-0.2, 0) is 6.54 Å². The Bertz CT molecular complexity index is 644. The number of thioether (sulfide) groups is 1. The Morgan fingerprint density at radius 3 is 3.00 bits per heavy atom. The van der Waals surface area contributed by atoms with Gasteiger partial charge in [-0.15, -0.1) is 0 Å². The molecule has 0 fully saturated rings. The molecular weight excluding hydrogens is 320 g/mol. The highest BCUT2D eigenvalue weighted by Crippen LogP contribution is 2.33. The summed E-state index contributed by atoms with van der Waals surface area (Å²) in [5.41, 5.74) is 1.26. The molecule has 0 bridgehead atoms. The Morgan fingerprint density at radius 1 is 1.21 bits per heavy atom. The molecule has 1 unspecified atom stereocenters. The van der Waals surface area contributed by atoms with Gasteiger partial charge in [-0.25, -0.2) is 0 Å². The van der Waals surface area contributed by atoms with Crippen molar-refractivity contribution in [3.8, 4) is 11.5 Å². The first kappa shape index (κ1) is 15.9. The number of ether oxygens (including phenoxy) is 2. The largest absolute Gasteiger partial charge is 0.454 e. The molecule has 1 aromatic carbocycles. The summed E-state index contributed by atoms with van der Waals surface area (Å²) < 4.78 is 11.0. The molecule has 4 nitrogen and oxygen atoms in total. The number of rotatable bonds is 4. The molecule has 3 aliphatic rings. The Kier molecular flexibility index (Phi) is 4.97. The first-order valence-corrected chi connectivity index (χ1v) is 9.83. The highest BCUT2D eigenvalue weighted by molar-refractivity contribution is 8.13. The van der Waals surface area contributed by atoms with Gasteiger partial charge in [-0.3, -0.25) is 4.99 Å². The molecule has 1 aromatic rings. The van der Waals surface area contributed by atoms with E-state index in [0.717, 1.165) is 37.1 Å². The summed E-state index contributed by atoms with van der Waals surface area (Å²) in [6.07, 6.45) is 9.52. The highest BCUT2D eigenvalue weighted by atomic mass is 32.2. The summed E-state index contributed by atoms with van der Waals surface area (Å²) in [7, 11) is 0. The van der Waals surface area contributed by atoms with E-state index in [1.807, 2.05) is 17.8 Å². The van der Waals surface area contributed by atoms with Crippen LogP contribution < -0.4 is 9.47 Å². The van der Waals surface area contributed by atoms with E-state index in [-0.39, 0.29) is 0 Å². The van der Waals surface area contributed by atoms with Gasteiger partial charge in [-0.1, -0.05) is 30.0 Å². The molecule has 1 aliphatic carbocycles. The molecule has 2 aliphatic heterocycles. The number of fused-ring (bicyclic) bond motifs is 1. The minimum atomic E-state index is 0.333. The zero-order valence-electron chi connectivity index (χ0n) is 13.9. The molecule has 128 valence electrons. The quantitative estimate of drug-likeness (QED) is 0.771. The van der Waals surface area contributed by atoms with E-state index in [1.54, 1.807) is 0 Å². The molecule has 0 spiro atoms. The van der Waals surface area contributed by atoms with Gasteiger partial charge in [0.2, 0.25) is 6.79 Å². The van der Waals surface area contributed by atoms with Crippen LogP contribution >= 0.6 is 11.8 Å². The van der Waals surface area contributed by atoms with E-state index in [0.29, 0.717) is 6.79 Å².